The largest absolute Gasteiger partial charge is 0.497 e. The Morgan fingerprint density at radius 2 is 2.12 bits per heavy atom. The summed E-state index contributed by atoms with van der Waals surface area (Å²) in [5, 5.41) is 4.11. The molecule has 1 fully saturated rings. The van der Waals surface area contributed by atoms with E-state index in [9.17, 15) is 4.79 Å². The number of carbonyl (C=O) groups is 1. The van der Waals surface area contributed by atoms with Crippen molar-refractivity contribution >= 4 is 5.91 Å². The van der Waals surface area contributed by atoms with Crippen LogP contribution in [0.3, 0.4) is 0 Å². The van der Waals surface area contributed by atoms with Crippen LogP contribution >= 0.6 is 0 Å². The second-order valence-corrected chi connectivity index (χ2v) is 7.45. The predicted molar refractivity (Wildman–Crippen MR) is 94.0 cm³/mol. The number of ether oxygens (including phenoxy) is 1. The molecule has 1 unspecified atom stereocenters. The summed E-state index contributed by atoms with van der Waals surface area (Å²) in [4.78, 5) is 19.2. The van der Waals surface area contributed by atoms with Crippen molar-refractivity contribution in [1.29, 1.82) is 0 Å². The van der Waals surface area contributed by atoms with Crippen molar-refractivity contribution in [3.05, 3.63) is 30.2 Å². The van der Waals surface area contributed by atoms with Gasteiger partial charge in [0.05, 0.1) is 7.11 Å². The Hall–Kier alpha value is -2.37. The molecule has 0 radical (unpaired) electrons. The number of nitrogens with zero attached hydrogens (tertiary/aromatic N) is 3. The van der Waals surface area contributed by atoms with Gasteiger partial charge in [-0.25, -0.2) is 0 Å². The molecule has 6 nitrogen and oxygen atoms in total. The van der Waals surface area contributed by atoms with E-state index in [0.29, 0.717) is 11.7 Å². The summed E-state index contributed by atoms with van der Waals surface area (Å²) in [6, 6.07) is 7.39. The quantitative estimate of drug-likeness (QED) is 0.847. The van der Waals surface area contributed by atoms with Crippen molar-refractivity contribution in [2.24, 2.45) is 5.41 Å². The number of carbonyl (C=O) groups excluding carboxylic acids is 1. The zero-order valence-corrected chi connectivity index (χ0v) is 15.3. The van der Waals surface area contributed by atoms with Crippen LogP contribution in [0.2, 0.25) is 0 Å². The molecule has 25 heavy (non-hydrogen) atoms. The van der Waals surface area contributed by atoms with Crippen LogP contribution in [0.5, 0.6) is 5.75 Å². The van der Waals surface area contributed by atoms with Crippen molar-refractivity contribution in [2.75, 3.05) is 13.7 Å². The van der Waals surface area contributed by atoms with Gasteiger partial charge in [-0.2, -0.15) is 4.98 Å². The first-order valence-corrected chi connectivity index (χ1v) is 8.69. The van der Waals surface area contributed by atoms with Gasteiger partial charge in [-0.05, 0) is 31.4 Å². The Morgan fingerprint density at radius 3 is 2.84 bits per heavy atom. The van der Waals surface area contributed by atoms with E-state index in [0.717, 1.165) is 37.1 Å². The third-order valence-electron chi connectivity index (χ3n) is 4.46. The molecule has 0 bridgehead atoms. The van der Waals surface area contributed by atoms with E-state index in [1.165, 1.54) is 0 Å². The van der Waals surface area contributed by atoms with E-state index in [1.54, 1.807) is 7.11 Å². The Morgan fingerprint density at radius 1 is 1.32 bits per heavy atom. The molecule has 1 aromatic carbocycles. The lowest BCUT2D eigenvalue weighted by atomic mass is 9.91. The molecule has 2 heterocycles. The topological polar surface area (TPSA) is 68.5 Å². The van der Waals surface area contributed by atoms with Gasteiger partial charge in [0.25, 0.3) is 0 Å². The lowest BCUT2D eigenvalue weighted by molar-refractivity contribution is -0.144. The van der Waals surface area contributed by atoms with E-state index in [2.05, 4.69) is 10.1 Å². The van der Waals surface area contributed by atoms with Gasteiger partial charge in [-0.15, -0.1) is 0 Å². The van der Waals surface area contributed by atoms with Gasteiger partial charge in [-0.3, -0.25) is 4.79 Å². The highest BCUT2D eigenvalue weighted by Crippen LogP contribution is 2.34. The molecule has 0 spiro atoms. The predicted octanol–water partition coefficient (Wildman–Crippen LogP) is 3.84. The Balaban J connectivity index is 1.88. The minimum Gasteiger partial charge on any atom is -0.497 e. The summed E-state index contributed by atoms with van der Waals surface area (Å²) < 4.78 is 10.8. The normalized spacial score (nSPS) is 18.2. The molecule has 1 saturated heterocycles. The molecule has 0 aliphatic carbocycles. The van der Waals surface area contributed by atoms with Crippen molar-refractivity contribution in [3.63, 3.8) is 0 Å². The standard InChI is InChI=1S/C19H25N3O3/c1-19(2,3)18(23)22-11-6-5-10-15(22)17-20-16(21-25-17)13-8-7-9-14(12-13)24-4/h7-9,12,15H,5-6,10-11H2,1-4H3. The molecular weight excluding hydrogens is 318 g/mol. The smallest absolute Gasteiger partial charge is 0.249 e. The van der Waals surface area contributed by atoms with E-state index < -0.39 is 5.41 Å². The van der Waals surface area contributed by atoms with Crippen LogP contribution in [0.25, 0.3) is 11.4 Å². The van der Waals surface area contributed by atoms with E-state index >= 15 is 0 Å². The van der Waals surface area contributed by atoms with Crippen molar-refractivity contribution in [2.45, 2.75) is 46.1 Å². The number of aromatic nitrogens is 2. The third-order valence-corrected chi connectivity index (χ3v) is 4.46. The highest BCUT2D eigenvalue weighted by molar-refractivity contribution is 5.82. The Kier molecular flexibility index (Phi) is 4.79. The monoisotopic (exact) mass is 343 g/mol. The van der Waals surface area contributed by atoms with Crippen molar-refractivity contribution in [3.8, 4) is 17.1 Å². The molecule has 3 rings (SSSR count). The fourth-order valence-corrected chi connectivity index (χ4v) is 3.11. The van der Waals surface area contributed by atoms with E-state index in [4.69, 9.17) is 9.26 Å². The number of benzene rings is 1. The van der Waals surface area contributed by atoms with E-state index in [-0.39, 0.29) is 11.9 Å². The first kappa shape index (κ1) is 17.5. The number of likely N-dealkylation sites (tertiary alicyclic amines) is 1. The summed E-state index contributed by atoms with van der Waals surface area (Å²) in [6.07, 6.45) is 2.91. The molecular formula is C19H25N3O3. The van der Waals surface area contributed by atoms with Gasteiger partial charge >= 0.3 is 0 Å². The summed E-state index contributed by atoms with van der Waals surface area (Å²) in [7, 11) is 1.62. The Bertz CT molecular complexity index is 748. The van der Waals surface area contributed by atoms with Crippen molar-refractivity contribution < 1.29 is 14.1 Å². The third kappa shape index (κ3) is 3.67. The fourth-order valence-electron chi connectivity index (χ4n) is 3.11. The van der Waals surface area contributed by atoms with Gasteiger partial charge in [0, 0.05) is 17.5 Å². The average Bonchev–Trinajstić information content (AvgIpc) is 3.10. The SMILES string of the molecule is COc1cccc(-c2noc(C3CCCCN3C(=O)C(C)(C)C)n2)c1. The number of methoxy groups -OCH3 is 1. The molecule has 1 aromatic heterocycles. The zero-order valence-electron chi connectivity index (χ0n) is 15.3. The van der Waals surface area contributed by atoms with Crippen molar-refractivity contribution in [1.82, 2.24) is 15.0 Å². The number of hydrogen-bond acceptors (Lipinski definition) is 5. The molecule has 6 heteroatoms. The maximum absolute atomic E-state index is 12.8. The maximum Gasteiger partial charge on any atom is 0.249 e. The van der Waals surface area contributed by atoms with Crippen LogP contribution in [-0.2, 0) is 4.79 Å². The zero-order chi connectivity index (χ0) is 18.0. The number of piperidine rings is 1. The van der Waals surface area contributed by atoms with Crippen LogP contribution in [0.4, 0.5) is 0 Å². The fraction of sp³-hybridized carbons (Fsp3) is 0.526. The molecule has 1 aliphatic heterocycles. The number of hydrogen-bond donors (Lipinski definition) is 0. The van der Waals surface area contributed by atoms with Gasteiger partial charge in [0.2, 0.25) is 17.6 Å². The lowest BCUT2D eigenvalue weighted by Crippen LogP contribution is -2.44. The molecule has 1 aliphatic rings. The summed E-state index contributed by atoms with van der Waals surface area (Å²) in [6.45, 7) is 6.56. The minimum absolute atomic E-state index is 0.123. The molecule has 1 amide bonds. The molecule has 1 atom stereocenters. The maximum atomic E-state index is 12.8. The summed E-state index contributed by atoms with van der Waals surface area (Å²) in [5.41, 5.74) is 0.407. The van der Waals surface area contributed by atoms with Gasteiger partial charge < -0.3 is 14.2 Å². The molecule has 2 aromatic rings. The summed E-state index contributed by atoms with van der Waals surface area (Å²) >= 11 is 0. The van der Waals surface area contributed by atoms with Gasteiger partial charge in [0.1, 0.15) is 11.8 Å². The highest BCUT2D eigenvalue weighted by atomic mass is 16.5. The van der Waals surface area contributed by atoms with Gasteiger partial charge in [-0.1, -0.05) is 38.1 Å². The first-order valence-electron chi connectivity index (χ1n) is 8.69. The van der Waals surface area contributed by atoms with Crippen LogP contribution in [0, 0.1) is 5.41 Å². The van der Waals surface area contributed by atoms with Crippen LogP contribution in [0.15, 0.2) is 28.8 Å². The number of amides is 1. The van der Waals surface area contributed by atoms with Crippen LogP contribution in [-0.4, -0.2) is 34.6 Å². The van der Waals surface area contributed by atoms with E-state index in [1.807, 2.05) is 49.9 Å². The highest BCUT2D eigenvalue weighted by Gasteiger charge is 2.36. The van der Waals surface area contributed by atoms with Gasteiger partial charge in [0.15, 0.2) is 0 Å². The minimum atomic E-state index is -0.425. The molecule has 0 saturated carbocycles. The van der Waals surface area contributed by atoms with Crippen LogP contribution < -0.4 is 4.74 Å². The average molecular weight is 343 g/mol. The second-order valence-electron chi connectivity index (χ2n) is 7.45. The summed E-state index contributed by atoms with van der Waals surface area (Å²) in [5.74, 6) is 1.89. The second kappa shape index (κ2) is 6.86. The number of rotatable bonds is 3. The first-order chi connectivity index (χ1) is 11.9. The van der Waals surface area contributed by atoms with Crippen LogP contribution in [0.1, 0.15) is 52.0 Å². The molecule has 134 valence electrons. The lowest BCUT2D eigenvalue weighted by Gasteiger charge is -2.37. The molecule has 0 N–H and O–H groups in total. The Labute approximate surface area is 148 Å².